The lowest BCUT2D eigenvalue weighted by Crippen LogP contribution is -2.18. The summed E-state index contributed by atoms with van der Waals surface area (Å²) in [5.74, 6) is 1.14. The quantitative estimate of drug-likeness (QED) is 0.673. The third-order valence-electron chi connectivity index (χ3n) is 5.63. The van der Waals surface area contributed by atoms with E-state index in [-0.39, 0.29) is 0 Å². The number of hydrogen-bond donors (Lipinski definition) is 1. The van der Waals surface area contributed by atoms with Crippen molar-refractivity contribution in [3.8, 4) is 22.3 Å². The topological polar surface area (TPSA) is 51.4 Å². The van der Waals surface area contributed by atoms with Gasteiger partial charge in [0, 0.05) is 37.1 Å². The van der Waals surface area contributed by atoms with E-state index >= 15 is 0 Å². The van der Waals surface area contributed by atoms with Gasteiger partial charge in [0.2, 0.25) is 0 Å². The zero-order valence-electron chi connectivity index (χ0n) is 17.3. The van der Waals surface area contributed by atoms with E-state index in [2.05, 4.69) is 60.4 Å². The molecule has 0 unspecified atom stereocenters. The largest absolute Gasteiger partial charge is 0.383 e. The van der Waals surface area contributed by atoms with Gasteiger partial charge < -0.3 is 15.4 Å². The summed E-state index contributed by atoms with van der Waals surface area (Å²) in [5, 5.41) is 0. The number of nitrogen functional groups attached to an aromatic ring is 1. The average Bonchev–Trinajstić information content (AvgIpc) is 2.75. The van der Waals surface area contributed by atoms with Gasteiger partial charge in [-0.3, -0.25) is 0 Å². The summed E-state index contributed by atoms with van der Waals surface area (Å²) in [7, 11) is 4.25. The Morgan fingerprint density at radius 3 is 2.45 bits per heavy atom. The van der Waals surface area contributed by atoms with Gasteiger partial charge in [0.1, 0.15) is 5.82 Å². The predicted octanol–water partition coefficient (Wildman–Crippen LogP) is 4.95. The monoisotopic (exact) mass is 387 g/mol. The molecule has 0 saturated carbocycles. The van der Waals surface area contributed by atoms with E-state index in [0.717, 1.165) is 49.3 Å². The molecule has 0 atom stereocenters. The van der Waals surface area contributed by atoms with Crippen molar-refractivity contribution < 1.29 is 4.74 Å². The van der Waals surface area contributed by atoms with Crippen molar-refractivity contribution >= 4 is 5.82 Å². The summed E-state index contributed by atoms with van der Waals surface area (Å²) in [4.78, 5) is 6.72. The number of nitrogens with two attached hydrogens (primary N) is 1. The van der Waals surface area contributed by atoms with Gasteiger partial charge in [-0.15, -0.1) is 0 Å². The van der Waals surface area contributed by atoms with Gasteiger partial charge >= 0.3 is 0 Å². The van der Waals surface area contributed by atoms with Gasteiger partial charge in [-0.1, -0.05) is 42.5 Å². The molecule has 1 aliphatic rings. The number of nitrogens with zero attached hydrogens (tertiary/aromatic N) is 2. The van der Waals surface area contributed by atoms with Gasteiger partial charge in [-0.2, -0.15) is 0 Å². The van der Waals surface area contributed by atoms with E-state index in [4.69, 9.17) is 10.5 Å². The second kappa shape index (κ2) is 8.76. The molecule has 29 heavy (non-hydrogen) atoms. The lowest BCUT2D eigenvalue weighted by molar-refractivity contribution is 0.0850. The fraction of sp³-hybridized carbons (Fsp3) is 0.320. The highest BCUT2D eigenvalue weighted by atomic mass is 16.5. The Bertz CT molecular complexity index is 963. The molecular formula is C25H29N3O. The van der Waals surface area contributed by atoms with Crippen molar-refractivity contribution in [3.05, 3.63) is 71.9 Å². The normalized spacial score (nSPS) is 15.0. The molecule has 0 radical (unpaired) electrons. The van der Waals surface area contributed by atoms with E-state index in [0.29, 0.717) is 11.7 Å². The molecule has 4 heteroatoms. The molecule has 2 N–H and O–H groups in total. The molecule has 4 nitrogen and oxygen atoms in total. The minimum Gasteiger partial charge on any atom is -0.383 e. The van der Waals surface area contributed by atoms with Crippen molar-refractivity contribution in [2.24, 2.45) is 0 Å². The van der Waals surface area contributed by atoms with Crippen LogP contribution in [0.2, 0.25) is 0 Å². The van der Waals surface area contributed by atoms with Crippen molar-refractivity contribution in [1.82, 2.24) is 9.88 Å². The highest BCUT2D eigenvalue weighted by Gasteiger charge is 2.20. The SMILES string of the molecule is CN(C)Cc1cc(-c2cnc(N)c(-c3ccccc3)c2)ccc1C1CCOCC1. The minimum absolute atomic E-state index is 0.562. The second-order valence-corrected chi connectivity index (χ2v) is 8.06. The molecule has 0 amide bonds. The molecule has 150 valence electrons. The number of aromatic nitrogens is 1. The highest BCUT2D eigenvalue weighted by Crippen LogP contribution is 2.34. The summed E-state index contributed by atoms with van der Waals surface area (Å²) in [5.41, 5.74) is 13.4. The van der Waals surface area contributed by atoms with Gasteiger partial charge in [0.15, 0.2) is 0 Å². The third-order valence-corrected chi connectivity index (χ3v) is 5.63. The van der Waals surface area contributed by atoms with Crippen LogP contribution in [0.4, 0.5) is 5.82 Å². The molecule has 2 aromatic carbocycles. The smallest absolute Gasteiger partial charge is 0.131 e. The zero-order valence-corrected chi connectivity index (χ0v) is 17.3. The Hall–Kier alpha value is -2.69. The Kier molecular flexibility index (Phi) is 5.93. The Morgan fingerprint density at radius 2 is 1.72 bits per heavy atom. The van der Waals surface area contributed by atoms with E-state index in [9.17, 15) is 0 Å². The van der Waals surface area contributed by atoms with Crippen LogP contribution in [0, 0.1) is 0 Å². The Balaban J connectivity index is 1.73. The fourth-order valence-electron chi connectivity index (χ4n) is 4.15. The molecule has 1 saturated heterocycles. The van der Waals surface area contributed by atoms with E-state index in [1.54, 1.807) is 0 Å². The van der Waals surface area contributed by atoms with E-state index in [1.807, 2.05) is 24.4 Å². The first-order chi connectivity index (χ1) is 14.1. The van der Waals surface area contributed by atoms with Crippen molar-refractivity contribution in [3.63, 3.8) is 0 Å². The molecule has 1 fully saturated rings. The lowest BCUT2D eigenvalue weighted by Gasteiger charge is -2.26. The number of hydrogen-bond acceptors (Lipinski definition) is 4. The van der Waals surface area contributed by atoms with Crippen LogP contribution in [0.1, 0.15) is 29.9 Å². The van der Waals surface area contributed by atoms with Crippen LogP contribution in [0.5, 0.6) is 0 Å². The highest BCUT2D eigenvalue weighted by molar-refractivity contribution is 5.79. The zero-order chi connectivity index (χ0) is 20.2. The van der Waals surface area contributed by atoms with Crippen LogP contribution in [-0.2, 0) is 11.3 Å². The fourth-order valence-corrected chi connectivity index (χ4v) is 4.15. The molecule has 0 aliphatic carbocycles. The van der Waals surface area contributed by atoms with E-state index < -0.39 is 0 Å². The average molecular weight is 388 g/mol. The molecule has 3 aromatic rings. The summed E-state index contributed by atoms with van der Waals surface area (Å²) >= 11 is 0. The Labute approximate surface area is 173 Å². The number of anilines is 1. The van der Waals surface area contributed by atoms with E-state index in [1.165, 1.54) is 16.7 Å². The van der Waals surface area contributed by atoms with Crippen molar-refractivity contribution in [2.75, 3.05) is 33.0 Å². The molecule has 1 aliphatic heterocycles. The lowest BCUT2D eigenvalue weighted by atomic mass is 9.86. The van der Waals surface area contributed by atoms with Crippen molar-refractivity contribution in [1.29, 1.82) is 0 Å². The predicted molar refractivity (Wildman–Crippen MR) is 120 cm³/mol. The summed E-state index contributed by atoms with van der Waals surface area (Å²) in [6.07, 6.45) is 4.08. The molecule has 0 bridgehead atoms. The van der Waals surface area contributed by atoms with Gasteiger partial charge in [0.25, 0.3) is 0 Å². The van der Waals surface area contributed by atoms with Crippen molar-refractivity contribution in [2.45, 2.75) is 25.3 Å². The van der Waals surface area contributed by atoms with Crippen LogP contribution in [0.3, 0.4) is 0 Å². The standard InChI is InChI=1S/C25H29N3O/c1-28(2)17-22-14-20(8-9-23(22)19-10-12-29-13-11-19)21-15-24(25(26)27-16-21)18-6-4-3-5-7-18/h3-9,14-16,19H,10-13,17H2,1-2H3,(H2,26,27). The molecule has 1 aromatic heterocycles. The number of rotatable bonds is 5. The third kappa shape index (κ3) is 4.50. The first kappa shape index (κ1) is 19.6. The second-order valence-electron chi connectivity index (χ2n) is 8.06. The first-order valence-electron chi connectivity index (χ1n) is 10.3. The number of ether oxygens (including phenoxy) is 1. The molecule has 2 heterocycles. The minimum atomic E-state index is 0.562. The number of pyridine rings is 1. The van der Waals surface area contributed by atoms with Crippen LogP contribution < -0.4 is 5.73 Å². The first-order valence-corrected chi connectivity index (χ1v) is 10.3. The maximum Gasteiger partial charge on any atom is 0.131 e. The van der Waals surface area contributed by atoms with Gasteiger partial charge in [-0.25, -0.2) is 4.98 Å². The number of benzene rings is 2. The summed E-state index contributed by atoms with van der Waals surface area (Å²) < 4.78 is 5.57. The van der Waals surface area contributed by atoms with Crippen LogP contribution >= 0.6 is 0 Å². The van der Waals surface area contributed by atoms with Crippen LogP contribution in [-0.4, -0.2) is 37.2 Å². The van der Waals surface area contributed by atoms with Crippen LogP contribution in [0.25, 0.3) is 22.3 Å². The maximum absolute atomic E-state index is 6.19. The summed E-state index contributed by atoms with van der Waals surface area (Å²) in [6.45, 7) is 2.64. The maximum atomic E-state index is 6.19. The van der Waals surface area contributed by atoms with Crippen LogP contribution in [0.15, 0.2) is 60.8 Å². The molecule has 0 spiro atoms. The summed E-state index contributed by atoms with van der Waals surface area (Å²) in [6, 6.07) is 19.2. The Morgan fingerprint density at radius 1 is 0.966 bits per heavy atom. The van der Waals surface area contributed by atoms with Gasteiger partial charge in [0.05, 0.1) is 0 Å². The molecule has 4 rings (SSSR count). The molecular weight excluding hydrogens is 358 g/mol. The van der Waals surface area contributed by atoms with Gasteiger partial charge in [-0.05, 0) is 67.2 Å².